The van der Waals surface area contributed by atoms with Crippen LogP contribution in [0.3, 0.4) is 0 Å². The van der Waals surface area contributed by atoms with Gasteiger partial charge in [0.15, 0.2) is 0 Å². The Balaban J connectivity index is 1.50. The number of benzene rings is 3. The van der Waals surface area contributed by atoms with E-state index in [1.165, 1.54) is 6.07 Å². The summed E-state index contributed by atoms with van der Waals surface area (Å²) in [5.41, 5.74) is 14.8. The molecule has 1 saturated heterocycles. The third-order valence-corrected chi connectivity index (χ3v) is 7.45. The quantitative estimate of drug-likeness (QED) is 0.321. The SMILES string of the molecule is Nc1ccc(-c2ccc3c(c2)CN(C(=O)[N+]2(c4cccc(C(F)(F)F)c4)CCC(O)CC2)CCO3)cc1N. The maximum Gasteiger partial charge on any atom is 0.424 e. The molecular weight excluding hydrogens is 497 g/mol. The number of aliphatic hydroxyl groups excluding tert-OH is 1. The molecule has 0 unspecified atom stereocenters. The molecule has 5 N–H and O–H groups in total. The van der Waals surface area contributed by atoms with Crippen LogP contribution in [0.5, 0.6) is 5.75 Å². The summed E-state index contributed by atoms with van der Waals surface area (Å²) in [6.07, 6.45) is -4.50. The van der Waals surface area contributed by atoms with Crippen LogP contribution < -0.4 is 20.7 Å². The summed E-state index contributed by atoms with van der Waals surface area (Å²) in [6, 6.07) is 15.7. The van der Waals surface area contributed by atoms with Crippen LogP contribution in [0.15, 0.2) is 60.7 Å². The van der Waals surface area contributed by atoms with Crippen molar-refractivity contribution in [3.63, 3.8) is 0 Å². The molecule has 0 spiro atoms. The first kappa shape index (κ1) is 25.9. The molecular formula is C28H30F3N4O3+. The van der Waals surface area contributed by atoms with Crippen LogP contribution in [0.2, 0.25) is 0 Å². The van der Waals surface area contributed by atoms with Gasteiger partial charge in [-0.15, -0.1) is 0 Å². The van der Waals surface area contributed by atoms with E-state index in [0.717, 1.165) is 28.8 Å². The van der Waals surface area contributed by atoms with E-state index in [1.54, 1.807) is 23.1 Å². The topological polar surface area (TPSA) is 102 Å². The van der Waals surface area contributed by atoms with Crippen LogP contribution in [0.25, 0.3) is 11.1 Å². The number of carbonyl (C=O) groups excluding carboxylic acids is 1. The van der Waals surface area contributed by atoms with E-state index >= 15 is 0 Å². The zero-order valence-electron chi connectivity index (χ0n) is 20.7. The second kappa shape index (κ2) is 9.85. The minimum absolute atomic E-state index is 0.205. The molecule has 2 aliphatic heterocycles. The van der Waals surface area contributed by atoms with Gasteiger partial charge in [-0.2, -0.15) is 13.2 Å². The van der Waals surface area contributed by atoms with Crippen LogP contribution in [0.1, 0.15) is 24.0 Å². The number of rotatable bonds is 2. The summed E-state index contributed by atoms with van der Waals surface area (Å²) < 4.78 is 46.3. The van der Waals surface area contributed by atoms with Crippen LogP contribution in [-0.4, -0.2) is 48.4 Å². The van der Waals surface area contributed by atoms with Crippen molar-refractivity contribution < 1.29 is 27.8 Å². The molecule has 0 aromatic heterocycles. The number of urea groups is 1. The summed E-state index contributed by atoms with van der Waals surface area (Å²) in [5.74, 6) is 0.646. The van der Waals surface area contributed by atoms with Crippen molar-refractivity contribution in [3.8, 4) is 16.9 Å². The Labute approximate surface area is 218 Å². The molecule has 10 heteroatoms. The lowest BCUT2D eigenvalue weighted by Gasteiger charge is -2.42. The number of ether oxygens (including phenoxy) is 1. The minimum Gasteiger partial charge on any atom is -0.491 e. The van der Waals surface area contributed by atoms with Gasteiger partial charge in [-0.25, -0.2) is 9.28 Å². The van der Waals surface area contributed by atoms with E-state index in [4.69, 9.17) is 16.2 Å². The highest BCUT2D eigenvalue weighted by atomic mass is 19.4. The lowest BCUT2D eigenvalue weighted by molar-refractivity contribution is -0.137. The average molecular weight is 528 g/mol. The number of nitrogens with two attached hydrogens (primary N) is 2. The van der Waals surface area contributed by atoms with Crippen molar-refractivity contribution in [2.75, 3.05) is 37.7 Å². The van der Waals surface area contributed by atoms with Crippen LogP contribution in [0, 0.1) is 0 Å². The molecule has 2 aliphatic rings. The van der Waals surface area contributed by atoms with Gasteiger partial charge in [-0.05, 0) is 47.5 Å². The number of hydrogen-bond donors (Lipinski definition) is 3. The Morgan fingerprint density at radius 2 is 1.68 bits per heavy atom. The number of fused-ring (bicyclic) bond motifs is 1. The van der Waals surface area contributed by atoms with Gasteiger partial charge in [0.2, 0.25) is 0 Å². The number of nitrogen functional groups attached to an aromatic ring is 2. The fourth-order valence-corrected chi connectivity index (χ4v) is 5.27. The predicted octanol–water partition coefficient (Wildman–Crippen LogP) is 5.01. The van der Waals surface area contributed by atoms with E-state index in [2.05, 4.69) is 0 Å². The van der Waals surface area contributed by atoms with Crippen LogP contribution in [-0.2, 0) is 12.7 Å². The van der Waals surface area contributed by atoms with E-state index in [0.29, 0.717) is 30.0 Å². The molecule has 5 rings (SSSR count). The standard InChI is InChI=1S/C28H30F3N4O3/c29-28(30,31)21-2-1-3-22(16-21)35(11-8-23(36)9-12-35)27(37)34-10-13-38-26-7-5-18(14-20(26)17-34)19-4-6-24(32)25(33)15-19/h1-7,14-16,23,36H,8-13,17,32-33H2/q+1. The number of amides is 2. The normalized spacial score (nSPS) is 21.8. The van der Waals surface area contributed by atoms with Crippen molar-refractivity contribution in [2.24, 2.45) is 0 Å². The van der Waals surface area contributed by atoms with Crippen molar-refractivity contribution in [2.45, 2.75) is 31.7 Å². The molecule has 0 radical (unpaired) electrons. The summed E-state index contributed by atoms with van der Waals surface area (Å²) in [7, 11) is 0. The Morgan fingerprint density at radius 1 is 0.974 bits per heavy atom. The third-order valence-electron chi connectivity index (χ3n) is 7.45. The minimum atomic E-state index is -4.53. The van der Waals surface area contributed by atoms with Gasteiger partial charge in [0.25, 0.3) is 0 Å². The maximum absolute atomic E-state index is 14.2. The predicted molar refractivity (Wildman–Crippen MR) is 140 cm³/mol. The number of quaternary nitrogens is 1. The number of nitrogens with zero attached hydrogens (tertiary/aromatic N) is 2. The first-order chi connectivity index (χ1) is 18.1. The summed E-state index contributed by atoms with van der Waals surface area (Å²) in [5, 5.41) is 10.2. The Kier molecular flexibility index (Phi) is 6.70. The van der Waals surface area contributed by atoms with E-state index in [-0.39, 0.29) is 49.0 Å². The van der Waals surface area contributed by atoms with Crippen LogP contribution in [0.4, 0.5) is 35.0 Å². The summed E-state index contributed by atoms with van der Waals surface area (Å²) in [6.45, 7) is 1.16. The molecule has 1 fully saturated rings. The van der Waals surface area contributed by atoms with Crippen molar-refractivity contribution in [3.05, 3.63) is 71.8 Å². The Bertz CT molecular complexity index is 1350. The Hall–Kier alpha value is -3.76. The molecule has 38 heavy (non-hydrogen) atoms. The number of anilines is 2. The second-order valence-electron chi connectivity index (χ2n) is 9.91. The molecule has 0 atom stereocenters. The van der Waals surface area contributed by atoms with Gasteiger partial charge in [-0.3, -0.25) is 4.90 Å². The van der Waals surface area contributed by atoms with Crippen molar-refractivity contribution >= 4 is 23.1 Å². The van der Waals surface area contributed by atoms with E-state index in [9.17, 15) is 23.1 Å². The number of piperidine rings is 1. The second-order valence-corrected chi connectivity index (χ2v) is 9.91. The van der Waals surface area contributed by atoms with Gasteiger partial charge >= 0.3 is 12.2 Å². The number of alkyl halides is 3. The highest BCUT2D eigenvalue weighted by Crippen LogP contribution is 2.38. The summed E-state index contributed by atoms with van der Waals surface area (Å²) in [4.78, 5) is 15.8. The van der Waals surface area contributed by atoms with Crippen LogP contribution >= 0.6 is 0 Å². The molecule has 0 aliphatic carbocycles. The van der Waals surface area contributed by atoms with E-state index < -0.39 is 17.8 Å². The zero-order chi connectivity index (χ0) is 27.1. The number of carbonyl (C=O) groups is 1. The highest BCUT2D eigenvalue weighted by Gasteiger charge is 2.47. The average Bonchev–Trinajstić information content (AvgIpc) is 3.12. The van der Waals surface area contributed by atoms with Gasteiger partial charge in [0, 0.05) is 24.5 Å². The largest absolute Gasteiger partial charge is 0.491 e. The van der Waals surface area contributed by atoms with Gasteiger partial charge in [-0.1, -0.05) is 18.2 Å². The lowest BCUT2D eigenvalue weighted by Crippen LogP contribution is -2.63. The van der Waals surface area contributed by atoms with Crippen molar-refractivity contribution in [1.82, 2.24) is 9.38 Å². The molecule has 7 nitrogen and oxygen atoms in total. The molecule has 3 aromatic carbocycles. The third kappa shape index (κ3) is 4.89. The first-order valence-corrected chi connectivity index (χ1v) is 12.5. The Morgan fingerprint density at radius 3 is 2.39 bits per heavy atom. The molecule has 0 bridgehead atoms. The maximum atomic E-state index is 14.2. The van der Waals surface area contributed by atoms with Gasteiger partial charge in [0.1, 0.15) is 18.0 Å². The van der Waals surface area contributed by atoms with Crippen molar-refractivity contribution in [1.29, 1.82) is 0 Å². The van der Waals surface area contributed by atoms with E-state index in [1.807, 2.05) is 24.3 Å². The molecule has 2 amide bonds. The fourth-order valence-electron chi connectivity index (χ4n) is 5.27. The lowest BCUT2D eigenvalue weighted by atomic mass is 10.0. The zero-order valence-corrected chi connectivity index (χ0v) is 20.7. The number of hydrogen-bond acceptors (Lipinski definition) is 5. The summed E-state index contributed by atoms with van der Waals surface area (Å²) >= 11 is 0. The monoisotopic (exact) mass is 527 g/mol. The van der Waals surface area contributed by atoms with Gasteiger partial charge < -0.3 is 21.3 Å². The number of likely N-dealkylation sites (tertiary alicyclic amines) is 1. The number of aliphatic hydroxyl groups is 1. The fraction of sp³-hybridized carbons (Fsp3) is 0.321. The van der Waals surface area contributed by atoms with Gasteiger partial charge in [0.05, 0.1) is 49.2 Å². The smallest absolute Gasteiger partial charge is 0.424 e. The molecule has 0 saturated carbocycles. The molecule has 3 aromatic rings. The first-order valence-electron chi connectivity index (χ1n) is 12.5. The highest BCUT2D eigenvalue weighted by molar-refractivity contribution is 5.88. The number of halogens is 3. The molecule has 2 heterocycles. The molecule has 200 valence electrons.